The average molecular weight is 263 g/mol. The summed E-state index contributed by atoms with van der Waals surface area (Å²) >= 11 is 0. The van der Waals surface area contributed by atoms with E-state index in [1.165, 1.54) is 12.1 Å². The highest BCUT2D eigenvalue weighted by Gasteiger charge is 2.04. The van der Waals surface area contributed by atoms with Gasteiger partial charge in [0.15, 0.2) is 0 Å². The minimum Gasteiger partial charge on any atom is -0.489 e. The molecule has 0 aliphatic carbocycles. The zero-order chi connectivity index (χ0) is 13.8. The molecule has 0 aliphatic rings. The van der Waals surface area contributed by atoms with Gasteiger partial charge in [-0.2, -0.15) is 5.26 Å². The Bertz CT molecular complexity index is 629. The highest BCUT2D eigenvalue weighted by atomic mass is 19.1. The third-order valence-electron chi connectivity index (χ3n) is 2.33. The van der Waals surface area contributed by atoms with Crippen molar-refractivity contribution in [2.24, 2.45) is 0 Å². The van der Waals surface area contributed by atoms with Gasteiger partial charge in [0.25, 0.3) is 0 Å². The molecule has 0 fully saturated rings. The smallest absolute Gasteiger partial charge is 0.129 e. The second-order valence-corrected chi connectivity index (χ2v) is 3.85. The Hall–Kier alpha value is -2.48. The van der Waals surface area contributed by atoms with Crippen molar-refractivity contribution < 1.29 is 17.9 Å². The minimum absolute atomic E-state index is 0.000249. The van der Waals surface area contributed by atoms with Gasteiger partial charge in [-0.3, -0.25) is 0 Å². The number of hydrogen-bond acceptors (Lipinski definition) is 2. The molecule has 2 aromatic rings. The van der Waals surface area contributed by atoms with Gasteiger partial charge in [-0.25, -0.2) is 13.2 Å². The van der Waals surface area contributed by atoms with Crippen molar-refractivity contribution in [3.05, 3.63) is 65.0 Å². The molecule has 96 valence electrons. The molecule has 0 bridgehead atoms. The maximum atomic E-state index is 13.1. The molecule has 5 heteroatoms. The zero-order valence-electron chi connectivity index (χ0n) is 9.66. The number of benzene rings is 2. The van der Waals surface area contributed by atoms with Gasteiger partial charge in [-0.15, -0.1) is 0 Å². The quantitative estimate of drug-likeness (QED) is 0.848. The van der Waals surface area contributed by atoms with Gasteiger partial charge in [0.1, 0.15) is 29.8 Å². The number of halogens is 3. The molecule has 2 nitrogen and oxygen atoms in total. The topological polar surface area (TPSA) is 33.0 Å². The minimum atomic E-state index is -0.757. The van der Waals surface area contributed by atoms with Gasteiger partial charge < -0.3 is 4.74 Å². The van der Waals surface area contributed by atoms with E-state index in [1.807, 2.05) is 6.07 Å². The molecular formula is C14H8F3NO. The standard InChI is InChI=1S/C14H8F3NO/c15-11-2-9(7-18)1-10(3-11)8-19-14-5-12(16)4-13(17)6-14/h1-6H,8H2. The number of nitrogens with zero attached hydrogens (tertiary/aromatic N) is 1. The first-order valence-corrected chi connectivity index (χ1v) is 5.35. The van der Waals surface area contributed by atoms with Gasteiger partial charge >= 0.3 is 0 Å². The molecule has 0 N–H and O–H groups in total. The molecular weight excluding hydrogens is 255 g/mol. The Morgan fingerprint density at radius 1 is 0.895 bits per heavy atom. The fourth-order valence-electron chi connectivity index (χ4n) is 1.58. The second kappa shape index (κ2) is 5.44. The van der Waals surface area contributed by atoms with Crippen LogP contribution in [0.4, 0.5) is 13.2 Å². The van der Waals surface area contributed by atoms with Crippen molar-refractivity contribution in [2.45, 2.75) is 6.61 Å². The lowest BCUT2D eigenvalue weighted by atomic mass is 10.1. The van der Waals surface area contributed by atoms with E-state index in [2.05, 4.69) is 0 Å². The first kappa shape index (κ1) is 13.0. The van der Waals surface area contributed by atoms with Crippen LogP contribution in [0.25, 0.3) is 0 Å². The summed E-state index contributed by atoms with van der Waals surface area (Å²) < 4.78 is 44.1. The van der Waals surface area contributed by atoms with E-state index >= 15 is 0 Å². The van der Waals surface area contributed by atoms with E-state index in [1.54, 1.807) is 0 Å². The van der Waals surface area contributed by atoms with E-state index < -0.39 is 17.5 Å². The van der Waals surface area contributed by atoms with Crippen LogP contribution >= 0.6 is 0 Å². The van der Waals surface area contributed by atoms with Gasteiger partial charge in [0, 0.05) is 18.2 Å². The summed E-state index contributed by atoms with van der Waals surface area (Å²) in [5.74, 6) is -2.08. The van der Waals surface area contributed by atoms with Crippen molar-refractivity contribution in [3.8, 4) is 11.8 Å². The lowest BCUT2D eigenvalue weighted by Crippen LogP contribution is -1.98. The predicted molar refractivity (Wildman–Crippen MR) is 61.8 cm³/mol. The monoisotopic (exact) mass is 263 g/mol. The van der Waals surface area contributed by atoms with E-state index in [-0.39, 0.29) is 17.9 Å². The van der Waals surface area contributed by atoms with Crippen molar-refractivity contribution in [1.29, 1.82) is 5.26 Å². The van der Waals surface area contributed by atoms with Gasteiger partial charge in [-0.05, 0) is 23.8 Å². The Kier molecular flexibility index (Phi) is 3.71. The summed E-state index contributed by atoms with van der Waals surface area (Å²) in [6.45, 7) is -0.0880. The number of ether oxygens (including phenoxy) is 1. The largest absolute Gasteiger partial charge is 0.489 e. The van der Waals surface area contributed by atoms with Crippen molar-refractivity contribution in [1.82, 2.24) is 0 Å². The average Bonchev–Trinajstić information content (AvgIpc) is 2.34. The molecule has 0 aliphatic heterocycles. The molecule has 0 aromatic heterocycles. The third kappa shape index (κ3) is 3.49. The first-order chi connectivity index (χ1) is 9.06. The lowest BCUT2D eigenvalue weighted by Gasteiger charge is -2.07. The molecule has 0 atom stereocenters. The molecule has 0 radical (unpaired) electrons. The third-order valence-corrected chi connectivity index (χ3v) is 2.33. The van der Waals surface area contributed by atoms with Crippen LogP contribution in [-0.2, 0) is 6.61 Å². The van der Waals surface area contributed by atoms with E-state index in [0.717, 1.165) is 24.3 Å². The van der Waals surface area contributed by atoms with Crippen LogP contribution in [0.3, 0.4) is 0 Å². The van der Waals surface area contributed by atoms with Crippen LogP contribution in [-0.4, -0.2) is 0 Å². The molecule has 0 heterocycles. The van der Waals surface area contributed by atoms with Crippen LogP contribution < -0.4 is 4.74 Å². The molecule has 0 saturated heterocycles. The van der Waals surface area contributed by atoms with Crippen molar-refractivity contribution in [3.63, 3.8) is 0 Å². The van der Waals surface area contributed by atoms with Crippen LogP contribution in [0.15, 0.2) is 36.4 Å². The Labute approximate surface area is 107 Å². The van der Waals surface area contributed by atoms with Gasteiger partial charge in [-0.1, -0.05) is 0 Å². The van der Waals surface area contributed by atoms with Gasteiger partial charge in [0.2, 0.25) is 0 Å². The Balaban J connectivity index is 2.14. The maximum absolute atomic E-state index is 13.1. The fourth-order valence-corrected chi connectivity index (χ4v) is 1.58. The number of nitriles is 1. The van der Waals surface area contributed by atoms with Crippen molar-refractivity contribution >= 4 is 0 Å². The van der Waals surface area contributed by atoms with Crippen LogP contribution in [0.5, 0.6) is 5.75 Å². The van der Waals surface area contributed by atoms with Crippen LogP contribution in [0.2, 0.25) is 0 Å². The normalized spacial score (nSPS) is 10.0. The molecule has 0 amide bonds. The van der Waals surface area contributed by atoms with Gasteiger partial charge in [0.05, 0.1) is 11.6 Å². The molecule has 2 aromatic carbocycles. The highest BCUT2D eigenvalue weighted by molar-refractivity contribution is 5.33. The van der Waals surface area contributed by atoms with Crippen LogP contribution in [0.1, 0.15) is 11.1 Å². The molecule has 2 rings (SSSR count). The van der Waals surface area contributed by atoms with Crippen molar-refractivity contribution in [2.75, 3.05) is 0 Å². The molecule has 0 spiro atoms. The fraction of sp³-hybridized carbons (Fsp3) is 0.0714. The van der Waals surface area contributed by atoms with Crippen LogP contribution in [0, 0.1) is 28.8 Å². The summed E-state index contributed by atoms with van der Waals surface area (Å²) in [7, 11) is 0. The summed E-state index contributed by atoms with van der Waals surface area (Å²) in [5.41, 5.74) is 0.560. The summed E-state index contributed by atoms with van der Waals surface area (Å²) in [5, 5.41) is 8.69. The lowest BCUT2D eigenvalue weighted by molar-refractivity contribution is 0.302. The summed E-state index contributed by atoms with van der Waals surface area (Å²) in [4.78, 5) is 0. The second-order valence-electron chi connectivity index (χ2n) is 3.85. The SMILES string of the molecule is N#Cc1cc(F)cc(COc2cc(F)cc(F)c2)c1. The number of rotatable bonds is 3. The Morgan fingerprint density at radius 2 is 1.53 bits per heavy atom. The predicted octanol–water partition coefficient (Wildman–Crippen LogP) is 3.55. The summed E-state index contributed by atoms with van der Waals surface area (Å²) in [6.07, 6.45) is 0. The molecule has 0 unspecified atom stereocenters. The Morgan fingerprint density at radius 3 is 2.16 bits per heavy atom. The highest BCUT2D eigenvalue weighted by Crippen LogP contribution is 2.17. The molecule has 0 saturated carbocycles. The first-order valence-electron chi connectivity index (χ1n) is 5.35. The zero-order valence-corrected chi connectivity index (χ0v) is 9.66. The maximum Gasteiger partial charge on any atom is 0.129 e. The number of hydrogen-bond donors (Lipinski definition) is 0. The molecule has 19 heavy (non-hydrogen) atoms. The van der Waals surface area contributed by atoms with E-state index in [0.29, 0.717) is 5.56 Å². The van der Waals surface area contributed by atoms with E-state index in [4.69, 9.17) is 10.00 Å². The van der Waals surface area contributed by atoms with E-state index in [9.17, 15) is 13.2 Å². The summed E-state index contributed by atoms with van der Waals surface area (Å²) in [6, 6.07) is 8.30.